The molecule has 0 aromatic carbocycles. The zero-order valence-electron chi connectivity index (χ0n) is 12.3. The first-order valence-electron chi connectivity index (χ1n) is 7.39. The van der Waals surface area contributed by atoms with Crippen molar-refractivity contribution < 1.29 is 0 Å². The highest BCUT2D eigenvalue weighted by molar-refractivity contribution is 5.76. The molecule has 3 aromatic heterocycles. The van der Waals surface area contributed by atoms with Gasteiger partial charge in [0.15, 0.2) is 5.82 Å². The maximum atomic E-state index is 4.66. The number of rotatable bonds is 3. The van der Waals surface area contributed by atoms with E-state index in [-0.39, 0.29) is 0 Å². The summed E-state index contributed by atoms with van der Waals surface area (Å²) < 4.78 is 1.94. The fourth-order valence-electron chi connectivity index (χ4n) is 2.72. The van der Waals surface area contributed by atoms with Crippen LogP contribution in [-0.4, -0.2) is 43.6 Å². The molecule has 1 aliphatic heterocycles. The molecule has 1 fully saturated rings. The van der Waals surface area contributed by atoms with E-state index in [1.807, 2.05) is 17.6 Å². The van der Waals surface area contributed by atoms with Crippen LogP contribution in [0.2, 0.25) is 0 Å². The number of hydrogen-bond donors (Lipinski definition) is 2. The van der Waals surface area contributed by atoms with E-state index >= 15 is 0 Å². The summed E-state index contributed by atoms with van der Waals surface area (Å²) >= 11 is 0. The predicted molar refractivity (Wildman–Crippen MR) is 84.1 cm³/mol. The Kier molecular flexibility index (Phi) is 3.19. The fraction of sp³-hybridized carbons (Fsp3) is 0.333. The number of aryl methyl sites for hydroxylation is 1. The van der Waals surface area contributed by atoms with E-state index in [0.29, 0.717) is 6.04 Å². The molecular weight excluding hydrogens is 278 g/mol. The van der Waals surface area contributed by atoms with Crippen molar-refractivity contribution in [1.82, 2.24) is 29.8 Å². The van der Waals surface area contributed by atoms with Crippen molar-refractivity contribution in [2.75, 3.05) is 18.4 Å². The van der Waals surface area contributed by atoms with E-state index in [1.54, 1.807) is 24.9 Å². The number of nitrogens with one attached hydrogen (secondary N) is 2. The van der Waals surface area contributed by atoms with Gasteiger partial charge in [-0.15, -0.1) is 0 Å². The Labute approximate surface area is 127 Å². The molecule has 4 heterocycles. The van der Waals surface area contributed by atoms with E-state index in [4.69, 9.17) is 0 Å². The van der Waals surface area contributed by atoms with Crippen molar-refractivity contribution >= 4 is 16.9 Å². The molecule has 3 aromatic rings. The third-order valence-corrected chi connectivity index (χ3v) is 3.85. The van der Waals surface area contributed by atoms with E-state index in [9.17, 15) is 0 Å². The van der Waals surface area contributed by atoms with Crippen molar-refractivity contribution in [3.05, 3.63) is 36.7 Å². The molecule has 0 saturated carbocycles. The normalized spacial score (nSPS) is 18.0. The minimum atomic E-state index is 0.413. The molecule has 1 atom stereocenters. The topological polar surface area (TPSA) is 80.5 Å². The van der Waals surface area contributed by atoms with Gasteiger partial charge in [0.2, 0.25) is 0 Å². The third-order valence-electron chi connectivity index (χ3n) is 3.85. The van der Waals surface area contributed by atoms with Gasteiger partial charge in [-0.3, -0.25) is 14.5 Å². The first kappa shape index (κ1) is 13.1. The molecule has 1 saturated heterocycles. The largest absolute Gasteiger partial charge is 0.365 e. The zero-order chi connectivity index (χ0) is 14.9. The van der Waals surface area contributed by atoms with Gasteiger partial charge in [0.25, 0.3) is 0 Å². The summed E-state index contributed by atoms with van der Waals surface area (Å²) in [6.45, 7) is 3.97. The standard InChI is InChI=1S/C15H17N7/c1-10-4-13-12(6-18-10)19-9-22(13)15-8-17-7-14(21-15)20-11-2-3-16-5-11/h4,6-9,11,16H,2-3,5H2,1H3,(H,20,21). The van der Waals surface area contributed by atoms with Crippen LogP contribution in [0.3, 0.4) is 0 Å². The number of pyridine rings is 1. The van der Waals surface area contributed by atoms with Crippen molar-refractivity contribution in [3.8, 4) is 5.82 Å². The van der Waals surface area contributed by atoms with Crippen LogP contribution in [0.4, 0.5) is 5.82 Å². The molecule has 22 heavy (non-hydrogen) atoms. The molecule has 0 bridgehead atoms. The van der Waals surface area contributed by atoms with Gasteiger partial charge in [-0.05, 0) is 26.0 Å². The maximum Gasteiger partial charge on any atom is 0.159 e. The summed E-state index contributed by atoms with van der Waals surface area (Å²) in [5, 5.41) is 6.75. The van der Waals surface area contributed by atoms with Crippen molar-refractivity contribution in [3.63, 3.8) is 0 Å². The van der Waals surface area contributed by atoms with Crippen LogP contribution in [0, 0.1) is 6.92 Å². The number of fused-ring (bicyclic) bond motifs is 1. The van der Waals surface area contributed by atoms with Crippen LogP contribution < -0.4 is 10.6 Å². The monoisotopic (exact) mass is 295 g/mol. The Morgan fingerprint density at radius 3 is 3.09 bits per heavy atom. The van der Waals surface area contributed by atoms with Crippen molar-refractivity contribution in [2.45, 2.75) is 19.4 Å². The van der Waals surface area contributed by atoms with E-state index < -0.39 is 0 Å². The molecule has 1 aliphatic rings. The minimum Gasteiger partial charge on any atom is -0.365 e. The van der Waals surface area contributed by atoms with Crippen molar-refractivity contribution in [2.24, 2.45) is 0 Å². The Morgan fingerprint density at radius 2 is 2.23 bits per heavy atom. The highest BCUT2D eigenvalue weighted by Gasteiger charge is 2.15. The van der Waals surface area contributed by atoms with E-state index in [1.165, 1.54) is 0 Å². The van der Waals surface area contributed by atoms with Gasteiger partial charge >= 0.3 is 0 Å². The quantitative estimate of drug-likeness (QED) is 0.758. The minimum absolute atomic E-state index is 0.413. The summed E-state index contributed by atoms with van der Waals surface area (Å²) in [6, 6.07) is 2.42. The van der Waals surface area contributed by atoms with Gasteiger partial charge in [-0.2, -0.15) is 0 Å². The summed E-state index contributed by atoms with van der Waals surface area (Å²) in [5.74, 6) is 1.54. The Morgan fingerprint density at radius 1 is 1.27 bits per heavy atom. The fourth-order valence-corrected chi connectivity index (χ4v) is 2.72. The third kappa shape index (κ3) is 2.39. The Bertz CT molecular complexity index is 805. The highest BCUT2D eigenvalue weighted by Crippen LogP contribution is 2.18. The first-order valence-corrected chi connectivity index (χ1v) is 7.39. The SMILES string of the molecule is Cc1cc2c(cn1)ncn2-c1cncc(NC2CCNC2)n1. The van der Waals surface area contributed by atoms with Crippen LogP contribution in [0.1, 0.15) is 12.1 Å². The van der Waals surface area contributed by atoms with Gasteiger partial charge in [0.1, 0.15) is 17.7 Å². The number of aromatic nitrogens is 5. The maximum absolute atomic E-state index is 4.66. The lowest BCUT2D eigenvalue weighted by Crippen LogP contribution is -2.23. The van der Waals surface area contributed by atoms with Gasteiger partial charge in [0.05, 0.1) is 24.1 Å². The second-order valence-electron chi connectivity index (χ2n) is 5.53. The summed E-state index contributed by atoms with van der Waals surface area (Å²) in [7, 11) is 0. The van der Waals surface area contributed by atoms with Crippen LogP contribution in [0.25, 0.3) is 16.9 Å². The van der Waals surface area contributed by atoms with Gasteiger partial charge in [0, 0.05) is 18.3 Å². The molecule has 0 amide bonds. The number of nitrogens with zero attached hydrogens (tertiary/aromatic N) is 5. The molecule has 0 aliphatic carbocycles. The predicted octanol–water partition coefficient (Wildman–Crippen LogP) is 1.29. The van der Waals surface area contributed by atoms with E-state index in [0.717, 1.165) is 47.9 Å². The van der Waals surface area contributed by atoms with Crippen molar-refractivity contribution in [1.29, 1.82) is 0 Å². The molecular formula is C15H17N7. The Hall–Kier alpha value is -2.54. The second kappa shape index (κ2) is 5.34. The highest BCUT2D eigenvalue weighted by atomic mass is 15.2. The van der Waals surface area contributed by atoms with Gasteiger partial charge < -0.3 is 10.6 Å². The second-order valence-corrected chi connectivity index (χ2v) is 5.53. The lowest BCUT2D eigenvalue weighted by Gasteiger charge is -2.12. The Balaban J connectivity index is 1.70. The summed E-state index contributed by atoms with van der Waals surface area (Å²) in [4.78, 5) is 17.6. The number of imidazole rings is 1. The van der Waals surface area contributed by atoms with Crippen LogP contribution in [0.15, 0.2) is 31.0 Å². The van der Waals surface area contributed by atoms with E-state index in [2.05, 4.69) is 30.6 Å². The molecule has 0 radical (unpaired) electrons. The summed E-state index contributed by atoms with van der Waals surface area (Å²) in [6.07, 6.45) is 8.14. The molecule has 112 valence electrons. The number of hydrogen-bond acceptors (Lipinski definition) is 6. The van der Waals surface area contributed by atoms with Gasteiger partial charge in [-0.1, -0.05) is 0 Å². The lowest BCUT2D eigenvalue weighted by molar-refractivity contribution is 0.785. The smallest absolute Gasteiger partial charge is 0.159 e. The van der Waals surface area contributed by atoms with Crippen LogP contribution in [0.5, 0.6) is 0 Å². The van der Waals surface area contributed by atoms with Crippen LogP contribution >= 0.6 is 0 Å². The molecule has 0 spiro atoms. The average molecular weight is 295 g/mol. The average Bonchev–Trinajstić information content (AvgIpc) is 3.16. The zero-order valence-corrected chi connectivity index (χ0v) is 12.3. The van der Waals surface area contributed by atoms with Gasteiger partial charge in [-0.25, -0.2) is 9.97 Å². The van der Waals surface area contributed by atoms with Crippen LogP contribution in [-0.2, 0) is 0 Å². The molecule has 2 N–H and O–H groups in total. The molecule has 1 unspecified atom stereocenters. The number of anilines is 1. The first-order chi connectivity index (χ1) is 10.8. The summed E-state index contributed by atoms with van der Waals surface area (Å²) in [5.41, 5.74) is 2.79. The lowest BCUT2D eigenvalue weighted by atomic mass is 10.3. The molecule has 7 heteroatoms. The molecule has 4 rings (SSSR count). The molecule has 7 nitrogen and oxygen atoms in total.